The standard InChI is InChI=1S/C12H16BrNO/c1-4-11(13)12(15)14-10-6-5-8(2)9(3)7-10/h5-7,11H,4H2,1-3H3,(H,14,15). The number of carbonyl (C=O) groups excluding carboxylic acids is 1. The molecule has 1 aromatic carbocycles. The Hall–Kier alpha value is -0.830. The summed E-state index contributed by atoms with van der Waals surface area (Å²) < 4.78 is 0. The van der Waals surface area contributed by atoms with Crippen molar-refractivity contribution in [1.82, 2.24) is 0 Å². The molecule has 0 bridgehead atoms. The molecule has 1 rings (SSSR count). The van der Waals surface area contributed by atoms with Gasteiger partial charge in [-0.15, -0.1) is 0 Å². The highest BCUT2D eigenvalue weighted by Crippen LogP contribution is 2.15. The number of anilines is 1. The predicted octanol–water partition coefficient (Wildman–Crippen LogP) is 3.42. The summed E-state index contributed by atoms with van der Waals surface area (Å²) in [5.74, 6) is 0.0146. The number of rotatable bonds is 3. The number of hydrogen-bond donors (Lipinski definition) is 1. The summed E-state index contributed by atoms with van der Waals surface area (Å²) >= 11 is 3.32. The first-order valence-corrected chi connectivity index (χ1v) is 5.98. The van der Waals surface area contributed by atoms with Crippen LogP contribution in [0.25, 0.3) is 0 Å². The highest BCUT2D eigenvalue weighted by atomic mass is 79.9. The largest absolute Gasteiger partial charge is 0.325 e. The van der Waals surface area contributed by atoms with Gasteiger partial charge in [0.2, 0.25) is 5.91 Å². The summed E-state index contributed by atoms with van der Waals surface area (Å²) in [5.41, 5.74) is 3.29. The van der Waals surface area contributed by atoms with Crippen LogP contribution >= 0.6 is 15.9 Å². The lowest BCUT2D eigenvalue weighted by molar-refractivity contribution is -0.115. The van der Waals surface area contributed by atoms with Gasteiger partial charge in [-0.05, 0) is 43.5 Å². The van der Waals surface area contributed by atoms with E-state index in [1.54, 1.807) is 0 Å². The number of hydrogen-bond acceptors (Lipinski definition) is 1. The molecule has 1 N–H and O–H groups in total. The number of halogens is 1. The van der Waals surface area contributed by atoms with E-state index < -0.39 is 0 Å². The molecule has 15 heavy (non-hydrogen) atoms. The second-order valence-electron chi connectivity index (χ2n) is 3.66. The first-order valence-electron chi connectivity index (χ1n) is 5.06. The fourth-order valence-electron chi connectivity index (χ4n) is 1.23. The first-order chi connectivity index (χ1) is 7.04. The molecule has 0 saturated carbocycles. The molecule has 82 valence electrons. The summed E-state index contributed by atoms with van der Waals surface area (Å²) in [6, 6.07) is 5.93. The first kappa shape index (κ1) is 12.2. The quantitative estimate of drug-likeness (QED) is 0.838. The van der Waals surface area contributed by atoms with Crippen molar-refractivity contribution in [3.05, 3.63) is 29.3 Å². The second-order valence-corrected chi connectivity index (χ2v) is 4.77. The van der Waals surface area contributed by atoms with Crippen molar-refractivity contribution in [2.24, 2.45) is 0 Å². The van der Waals surface area contributed by atoms with Crippen molar-refractivity contribution in [1.29, 1.82) is 0 Å². The van der Waals surface area contributed by atoms with Gasteiger partial charge >= 0.3 is 0 Å². The summed E-state index contributed by atoms with van der Waals surface area (Å²) in [6.45, 7) is 6.07. The third kappa shape index (κ3) is 3.34. The van der Waals surface area contributed by atoms with E-state index in [9.17, 15) is 4.79 Å². The van der Waals surface area contributed by atoms with E-state index in [-0.39, 0.29) is 10.7 Å². The van der Waals surface area contributed by atoms with Crippen LogP contribution < -0.4 is 5.32 Å². The molecule has 0 aliphatic carbocycles. The van der Waals surface area contributed by atoms with E-state index in [4.69, 9.17) is 0 Å². The molecule has 1 atom stereocenters. The number of carbonyl (C=O) groups is 1. The van der Waals surface area contributed by atoms with Crippen LogP contribution in [-0.2, 0) is 4.79 Å². The third-order valence-corrected chi connectivity index (χ3v) is 3.48. The Bertz CT molecular complexity index is 363. The number of aryl methyl sites for hydroxylation is 2. The van der Waals surface area contributed by atoms with Crippen LogP contribution in [-0.4, -0.2) is 10.7 Å². The molecule has 1 amide bonds. The van der Waals surface area contributed by atoms with E-state index >= 15 is 0 Å². The van der Waals surface area contributed by atoms with Gasteiger partial charge in [-0.1, -0.05) is 28.9 Å². The van der Waals surface area contributed by atoms with Crippen LogP contribution in [0.4, 0.5) is 5.69 Å². The summed E-state index contributed by atoms with van der Waals surface area (Å²) in [4.78, 5) is 11.5. The van der Waals surface area contributed by atoms with Crippen LogP contribution in [0, 0.1) is 13.8 Å². The van der Waals surface area contributed by atoms with Crippen molar-refractivity contribution in [3.63, 3.8) is 0 Å². The van der Waals surface area contributed by atoms with Gasteiger partial charge in [0.1, 0.15) is 0 Å². The molecule has 3 heteroatoms. The maximum Gasteiger partial charge on any atom is 0.238 e. The van der Waals surface area contributed by atoms with E-state index in [0.717, 1.165) is 12.1 Å². The Balaban J connectivity index is 2.73. The highest BCUT2D eigenvalue weighted by Gasteiger charge is 2.12. The van der Waals surface area contributed by atoms with Gasteiger partial charge in [-0.3, -0.25) is 4.79 Å². The molecule has 2 nitrogen and oxygen atoms in total. The van der Waals surface area contributed by atoms with Gasteiger partial charge in [0.05, 0.1) is 4.83 Å². The minimum atomic E-state index is -0.112. The Labute approximate surface area is 99.2 Å². The SMILES string of the molecule is CCC(Br)C(=O)Nc1ccc(C)c(C)c1. The molecule has 1 aromatic rings. The van der Waals surface area contributed by atoms with Crippen molar-refractivity contribution in [3.8, 4) is 0 Å². The molecule has 0 heterocycles. The van der Waals surface area contributed by atoms with Crippen LogP contribution in [0.15, 0.2) is 18.2 Å². The molecule has 0 aromatic heterocycles. The van der Waals surface area contributed by atoms with Crippen molar-refractivity contribution in [2.45, 2.75) is 32.0 Å². The Morgan fingerprint density at radius 1 is 1.40 bits per heavy atom. The van der Waals surface area contributed by atoms with Gasteiger partial charge in [0.25, 0.3) is 0 Å². The minimum Gasteiger partial charge on any atom is -0.325 e. The van der Waals surface area contributed by atoms with Gasteiger partial charge in [0.15, 0.2) is 0 Å². The Morgan fingerprint density at radius 3 is 2.60 bits per heavy atom. The summed E-state index contributed by atoms with van der Waals surface area (Å²) in [7, 11) is 0. The average Bonchev–Trinajstić information content (AvgIpc) is 2.22. The third-order valence-electron chi connectivity index (χ3n) is 2.42. The van der Waals surface area contributed by atoms with Crippen molar-refractivity contribution in [2.75, 3.05) is 5.32 Å². The maximum atomic E-state index is 11.6. The molecular formula is C12H16BrNO. The maximum absolute atomic E-state index is 11.6. The molecule has 0 fully saturated rings. The molecule has 0 aliphatic rings. The lowest BCUT2D eigenvalue weighted by atomic mass is 10.1. The minimum absolute atomic E-state index is 0.0146. The number of benzene rings is 1. The molecule has 0 spiro atoms. The van der Waals surface area contributed by atoms with E-state index in [1.807, 2.05) is 32.0 Å². The van der Waals surface area contributed by atoms with Crippen LogP contribution in [0.2, 0.25) is 0 Å². The van der Waals surface area contributed by atoms with Crippen molar-refractivity contribution < 1.29 is 4.79 Å². The van der Waals surface area contributed by atoms with Gasteiger partial charge in [-0.2, -0.15) is 0 Å². The zero-order valence-corrected chi connectivity index (χ0v) is 10.9. The number of nitrogens with one attached hydrogen (secondary N) is 1. The molecule has 0 saturated heterocycles. The van der Waals surface area contributed by atoms with E-state index in [1.165, 1.54) is 11.1 Å². The lowest BCUT2D eigenvalue weighted by Crippen LogP contribution is -2.21. The Kier molecular flexibility index (Phi) is 4.33. The monoisotopic (exact) mass is 269 g/mol. The Morgan fingerprint density at radius 2 is 2.07 bits per heavy atom. The summed E-state index contributed by atoms with van der Waals surface area (Å²) in [6.07, 6.45) is 0.788. The van der Waals surface area contributed by atoms with Gasteiger partial charge < -0.3 is 5.32 Å². The average molecular weight is 270 g/mol. The fourth-order valence-corrected chi connectivity index (χ4v) is 1.34. The fraction of sp³-hybridized carbons (Fsp3) is 0.417. The van der Waals surface area contributed by atoms with Crippen LogP contribution in [0.5, 0.6) is 0 Å². The molecule has 1 unspecified atom stereocenters. The summed E-state index contributed by atoms with van der Waals surface area (Å²) in [5, 5.41) is 2.87. The predicted molar refractivity (Wildman–Crippen MR) is 67.6 cm³/mol. The number of amides is 1. The topological polar surface area (TPSA) is 29.1 Å². The van der Waals surface area contributed by atoms with E-state index in [0.29, 0.717) is 0 Å². The smallest absolute Gasteiger partial charge is 0.238 e. The molecular weight excluding hydrogens is 254 g/mol. The second kappa shape index (κ2) is 5.31. The molecule has 0 radical (unpaired) electrons. The lowest BCUT2D eigenvalue weighted by Gasteiger charge is -2.10. The van der Waals surface area contributed by atoms with Gasteiger partial charge in [-0.25, -0.2) is 0 Å². The van der Waals surface area contributed by atoms with E-state index in [2.05, 4.69) is 28.2 Å². The highest BCUT2D eigenvalue weighted by molar-refractivity contribution is 9.10. The van der Waals surface area contributed by atoms with Gasteiger partial charge in [0, 0.05) is 5.69 Å². The van der Waals surface area contributed by atoms with Crippen LogP contribution in [0.1, 0.15) is 24.5 Å². The van der Waals surface area contributed by atoms with Crippen LogP contribution in [0.3, 0.4) is 0 Å². The zero-order valence-electron chi connectivity index (χ0n) is 9.30. The number of alkyl halides is 1. The normalized spacial score (nSPS) is 12.3. The molecule has 0 aliphatic heterocycles. The zero-order chi connectivity index (χ0) is 11.4. The van der Waals surface area contributed by atoms with Crippen molar-refractivity contribution >= 4 is 27.5 Å².